The predicted molar refractivity (Wildman–Crippen MR) is 55.1 cm³/mol. The van der Waals surface area contributed by atoms with E-state index in [1.807, 2.05) is 0 Å². The van der Waals surface area contributed by atoms with Crippen LogP contribution in [-0.2, 0) is 0 Å². The molecule has 0 unspecified atom stereocenters. The molecule has 0 bridgehead atoms. The first-order valence-corrected chi connectivity index (χ1v) is 5.54. The summed E-state index contributed by atoms with van der Waals surface area (Å²) in [5.41, 5.74) is -0.685. The first kappa shape index (κ1) is 11.5. The molecule has 1 fully saturated rings. The molecular weight excluding hydrogens is 238 g/mol. The predicted octanol–water partition coefficient (Wildman–Crippen LogP) is 3.40. The van der Waals surface area contributed by atoms with Gasteiger partial charge < -0.3 is 0 Å². The lowest BCUT2D eigenvalue weighted by molar-refractivity contribution is 0.110. The third-order valence-corrected chi connectivity index (χ3v) is 3.29. The van der Waals surface area contributed by atoms with Crippen LogP contribution < -0.4 is 0 Å². The summed E-state index contributed by atoms with van der Waals surface area (Å²) < 4.78 is 26.6. The maximum absolute atomic E-state index is 12.6. The zero-order valence-corrected chi connectivity index (χ0v) is 9.25. The highest BCUT2D eigenvalue weighted by molar-refractivity contribution is 6.32. The molecule has 1 aromatic heterocycles. The standard InChI is InChI=1S/C10H11ClF2N2O/c11-9-7(5-16)8(10(12)13)14-15(9)6-3-1-2-4-6/h5-6,10H,1-4H2. The van der Waals surface area contributed by atoms with Gasteiger partial charge in [0.1, 0.15) is 10.8 Å². The molecule has 0 amide bonds. The number of hydrogen-bond donors (Lipinski definition) is 0. The molecule has 0 atom stereocenters. The molecule has 2 rings (SSSR count). The molecule has 0 radical (unpaired) electrons. The number of rotatable bonds is 3. The number of carbonyl (C=O) groups is 1. The van der Waals surface area contributed by atoms with Gasteiger partial charge in [0.15, 0.2) is 6.29 Å². The molecule has 0 saturated heterocycles. The molecule has 6 heteroatoms. The highest BCUT2D eigenvalue weighted by atomic mass is 35.5. The second-order valence-electron chi connectivity index (χ2n) is 3.89. The molecule has 1 saturated carbocycles. The van der Waals surface area contributed by atoms with Gasteiger partial charge in [0.05, 0.1) is 11.6 Å². The van der Waals surface area contributed by atoms with Crippen LogP contribution in [0.4, 0.5) is 8.78 Å². The summed E-state index contributed by atoms with van der Waals surface area (Å²) in [7, 11) is 0. The lowest BCUT2D eigenvalue weighted by atomic mass is 10.2. The number of halogens is 3. The van der Waals surface area contributed by atoms with Crippen LogP contribution >= 0.6 is 11.6 Å². The van der Waals surface area contributed by atoms with E-state index >= 15 is 0 Å². The maximum Gasteiger partial charge on any atom is 0.282 e. The van der Waals surface area contributed by atoms with Crippen molar-refractivity contribution < 1.29 is 13.6 Å². The fourth-order valence-electron chi connectivity index (χ4n) is 2.10. The Kier molecular flexibility index (Phi) is 3.23. The van der Waals surface area contributed by atoms with Gasteiger partial charge in [-0.15, -0.1) is 0 Å². The third kappa shape index (κ3) is 1.84. The molecule has 1 aliphatic carbocycles. The van der Waals surface area contributed by atoms with E-state index in [9.17, 15) is 13.6 Å². The Bertz CT molecular complexity index is 400. The van der Waals surface area contributed by atoms with E-state index in [0.29, 0.717) is 6.29 Å². The quantitative estimate of drug-likeness (QED) is 0.769. The lowest BCUT2D eigenvalue weighted by Gasteiger charge is -2.10. The summed E-state index contributed by atoms with van der Waals surface area (Å²) in [6, 6.07) is 0.0544. The van der Waals surface area contributed by atoms with Crippen molar-refractivity contribution >= 4 is 17.9 Å². The number of alkyl halides is 2. The fraction of sp³-hybridized carbons (Fsp3) is 0.600. The molecule has 1 aliphatic rings. The van der Waals surface area contributed by atoms with Gasteiger partial charge in [0.2, 0.25) is 0 Å². The highest BCUT2D eigenvalue weighted by Gasteiger charge is 2.27. The summed E-state index contributed by atoms with van der Waals surface area (Å²) in [4.78, 5) is 10.7. The van der Waals surface area contributed by atoms with Crippen LogP contribution in [0, 0.1) is 0 Å². The van der Waals surface area contributed by atoms with Gasteiger partial charge in [0, 0.05) is 0 Å². The minimum absolute atomic E-state index is 0.0391. The molecule has 88 valence electrons. The van der Waals surface area contributed by atoms with Crippen LogP contribution in [0.1, 0.15) is 54.2 Å². The normalized spacial score (nSPS) is 17.2. The van der Waals surface area contributed by atoms with Crippen molar-refractivity contribution in [1.29, 1.82) is 0 Å². The van der Waals surface area contributed by atoms with E-state index in [1.165, 1.54) is 4.68 Å². The van der Waals surface area contributed by atoms with Gasteiger partial charge in [-0.05, 0) is 12.8 Å². The van der Waals surface area contributed by atoms with Crippen LogP contribution in [0.2, 0.25) is 5.15 Å². The van der Waals surface area contributed by atoms with Crippen molar-refractivity contribution in [1.82, 2.24) is 9.78 Å². The van der Waals surface area contributed by atoms with Crippen molar-refractivity contribution in [3.05, 3.63) is 16.4 Å². The lowest BCUT2D eigenvalue weighted by Crippen LogP contribution is -2.07. The molecule has 0 spiro atoms. The van der Waals surface area contributed by atoms with E-state index in [4.69, 9.17) is 11.6 Å². The zero-order valence-electron chi connectivity index (χ0n) is 8.50. The van der Waals surface area contributed by atoms with Crippen LogP contribution in [-0.4, -0.2) is 16.1 Å². The van der Waals surface area contributed by atoms with Crippen molar-refractivity contribution in [3.63, 3.8) is 0 Å². The topological polar surface area (TPSA) is 34.9 Å². The first-order chi connectivity index (χ1) is 7.65. The van der Waals surface area contributed by atoms with Crippen LogP contribution in [0.5, 0.6) is 0 Å². The Morgan fingerprint density at radius 1 is 1.44 bits per heavy atom. The van der Waals surface area contributed by atoms with Crippen LogP contribution in [0.3, 0.4) is 0 Å². The SMILES string of the molecule is O=Cc1c(C(F)F)nn(C2CCCC2)c1Cl. The van der Waals surface area contributed by atoms with Crippen LogP contribution in [0.15, 0.2) is 0 Å². The van der Waals surface area contributed by atoms with Gasteiger partial charge in [-0.3, -0.25) is 4.79 Å². The number of nitrogens with zero attached hydrogens (tertiary/aromatic N) is 2. The van der Waals surface area contributed by atoms with Crippen LogP contribution in [0.25, 0.3) is 0 Å². The molecule has 16 heavy (non-hydrogen) atoms. The molecule has 1 heterocycles. The Hall–Kier alpha value is -0.970. The Morgan fingerprint density at radius 3 is 2.50 bits per heavy atom. The van der Waals surface area contributed by atoms with Crippen molar-refractivity contribution in [3.8, 4) is 0 Å². The average Bonchev–Trinajstić information content (AvgIpc) is 2.84. The second kappa shape index (κ2) is 4.49. The molecule has 0 aliphatic heterocycles. The molecule has 3 nitrogen and oxygen atoms in total. The number of carbonyl (C=O) groups excluding carboxylic acids is 1. The number of aldehydes is 1. The van der Waals surface area contributed by atoms with E-state index in [2.05, 4.69) is 5.10 Å². The largest absolute Gasteiger partial charge is 0.298 e. The van der Waals surface area contributed by atoms with Gasteiger partial charge in [-0.1, -0.05) is 24.4 Å². The Balaban J connectivity index is 2.42. The van der Waals surface area contributed by atoms with E-state index in [-0.39, 0.29) is 16.8 Å². The van der Waals surface area contributed by atoms with E-state index in [1.54, 1.807) is 0 Å². The van der Waals surface area contributed by atoms with Gasteiger partial charge in [-0.25, -0.2) is 13.5 Å². The van der Waals surface area contributed by atoms with Crippen molar-refractivity contribution in [2.24, 2.45) is 0 Å². The average molecular weight is 249 g/mol. The summed E-state index contributed by atoms with van der Waals surface area (Å²) in [6.45, 7) is 0. The minimum atomic E-state index is -2.76. The minimum Gasteiger partial charge on any atom is -0.298 e. The maximum atomic E-state index is 12.6. The van der Waals surface area contributed by atoms with E-state index < -0.39 is 12.1 Å². The second-order valence-corrected chi connectivity index (χ2v) is 4.25. The summed E-state index contributed by atoms with van der Waals surface area (Å²) in [6.07, 6.45) is 1.43. The van der Waals surface area contributed by atoms with Crippen molar-refractivity contribution in [2.45, 2.75) is 38.2 Å². The fourth-order valence-corrected chi connectivity index (χ4v) is 2.42. The molecular formula is C10H11ClF2N2O. The summed E-state index contributed by atoms with van der Waals surface area (Å²) >= 11 is 5.89. The number of aromatic nitrogens is 2. The zero-order chi connectivity index (χ0) is 11.7. The Labute approximate surface area is 96.4 Å². The number of hydrogen-bond acceptors (Lipinski definition) is 2. The molecule has 0 aromatic carbocycles. The third-order valence-electron chi connectivity index (χ3n) is 2.91. The van der Waals surface area contributed by atoms with Gasteiger partial charge >= 0.3 is 0 Å². The highest BCUT2D eigenvalue weighted by Crippen LogP contribution is 2.35. The Morgan fingerprint density at radius 2 is 2.06 bits per heavy atom. The summed E-state index contributed by atoms with van der Waals surface area (Å²) in [5, 5.41) is 3.80. The van der Waals surface area contributed by atoms with Gasteiger partial charge in [-0.2, -0.15) is 5.10 Å². The molecule has 0 N–H and O–H groups in total. The molecule has 1 aromatic rings. The first-order valence-electron chi connectivity index (χ1n) is 5.16. The smallest absolute Gasteiger partial charge is 0.282 e. The van der Waals surface area contributed by atoms with Gasteiger partial charge in [0.25, 0.3) is 6.43 Å². The monoisotopic (exact) mass is 248 g/mol. The summed E-state index contributed by atoms with van der Waals surface area (Å²) in [5.74, 6) is 0. The van der Waals surface area contributed by atoms with Crippen molar-refractivity contribution in [2.75, 3.05) is 0 Å². The van der Waals surface area contributed by atoms with E-state index in [0.717, 1.165) is 25.7 Å².